The summed E-state index contributed by atoms with van der Waals surface area (Å²) in [5.41, 5.74) is 6.97. The van der Waals surface area contributed by atoms with Crippen LogP contribution < -0.4 is 4.74 Å². The Balaban J connectivity index is 1.29. The van der Waals surface area contributed by atoms with Crippen molar-refractivity contribution in [1.82, 2.24) is 14.8 Å². The van der Waals surface area contributed by atoms with Gasteiger partial charge in [0.1, 0.15) is 5.75 Å². The Morgan fingerprint density at radius 3 is 2.29 bits per heavy atom. The highest BCUT2D eigenvalue weighted by Crippen LogP contribution is 2.34. The van der Waals surface area contributed by atoms with Crippen molar-refractivity contribution < 1.29 is 9.53 Å². The third-order valence-electron chi connectivity index (χ3n) is 7.65. The third kappa shape index (κ3) is 6.14. The topological polar surface area (TPSA) is 48.4 Å². The summed E-state index contributed by atoms with van der Waals surface area (Å²) in [4.78, 5) is 18.4. The Hall–Kier alpha value is -3.48. The molecule has 1 amide bonds. The minimum Gasteiger partial charge on any atom is -0.494 e. The number of aryl methyl sites for hydroxylation is 2. The minimum absolute atomic E-state index is 0.0548. The summed E-state index contributed by atoms with van der Waals surface area (Å²) in [5.74, 6) is 0.898. The number of piperazine rings is 1. The molecule has 5 rings (SSSR count). The lowest BCUT2D eigenvalue weighted by Gasteiger charge is -2.35. The number of benzene rings is 3. The van der Waals surface area contributed by atoms with Crippen LogP contribution in [0, 0.1) is 13.8 Å². The second kappa shape index (κ2) is 11.9. The van der Waals surface area contributed by atoms with Crippen molar-refractivity contribution in [2.24, 2.45) is 5.10 Å². The molecule has 6 heteroatoms. The van der Waals surface area contributed by atoms with Crippen molar-refractivity contribution in [2.75, 3.05) is 39.3 Å². The smallest absolute Gasteiger partial charge is 0.257 e. The first-order valence-electron chi connectivity index (χ1n) is 13.7. The Labute approximate surface area is 226 Å². The van der Waals surface area contributed by atoms with Crippen LogP contribution in [-0.2, 0) is 11.3 Å². The molecule has 2 heterocycles. The van der Waals surface area contributed by atoms with Crippen LogP contribution in [0.2, 0.25) is 0 Å². The molecule has 1 unspecified atom stereocenters. The van der Waals surface area contributed by atoms with Gasteiger partial charge in [0, 0.05) is 39.1 Å². The largest absolute Gasteiger partial charge is 0.494 e. The zero-order valence-corrected chi connectivity index (χ0v) is 22.8. The van der Waals surface area contributed by atoms with E-state index in [1.54, 1.807) is 5.01 Å². The van der Waals surface area contributed by atoms with E-state index in [2.05, 4.69) is 84.3 Å². The number of ether oxygens (including phenoxy) is 1. The molecule has 1 fully saturated rings. The van der Waals surface area contributed by atoms with E-state index < -0.39 is 0 Å². The molecule has 0 saturated carbocycles. The predicted octanol–water partition coefficient (Wildman–Crippen LogP) is 5.20. The van der Waals surface area contributed by atoms with Crippen molar-refractivity contribution in [1.29, 1.82) is 0 Å². The molecule has 3 aromatic rings. The summed E-state index contributed by atoms with van der Waals surface area (Å²) in [6.07, 6.45) is 0.701. The first-order valence-corrected chi connectivity index (χ1v) is 13.7. The quantitative estimate of drug-likeness (QED) is 0.418. The molecule has 2 aliphatic heterocycles. The van der Waals surface area contributed by atoms with Gasteiger partial charge in [0.25, 0.3) is 5.91 Å². The van der Waals surface area contributed by atoms with Crippen LogP contribution in [0.5, 0.6) is 5.75 Å². The third-order valence-corrected chi connectivity index (χ3v) is 7.65. The van der Waals surface area contributed by atoms with Gasteiger partial charge in [0.05, 0.1) is 24.9 Å². The lowest BCUT2D eigenvalue weighted by molar-refractivity contribution is -0.134. The molecule has 2 aliphatic rings. The summed E-state index contributed by atoms with van der Waals surface area (Å²) < 4.78 is 5.64. The maximum absolute atomic E-state index is 13.7. The van der Waals surface area contributed by atoms with Crippen molar-refractivity contribution in [2.45, 2.75) is 39.8 Å². The molecular weight excluding hydrogens is 472 g/mol. The fourth-order valence-corrected chi connectivity index (χ4v) is 5.26. The van der Waals surface area contributed by atoms with E-state index in [9.17, 15) is 4.79 Å². The zero-order chi connectivity index (χ0) is 26.5. The summed E-state index contributed by atoms with van der Waals surface area (Å²) >= 11 is 0. The summed E-state index contributed by atoms with van der Waals surface area (Å²) in [7, 11) is 0. The molecular formula is C32H38N4O2. The average Bonchev–Trinajstić information content (AvgIpc) is 3.38. The highest BCUT2D eigenvalue weighted by molar-refractivity contribution is 6.03. The highest BCUT2D eigenvalue weighted by atomic mass is 16.5. The average molecular weight is 511 g/mol. The second-order valence-electron chi connectivity index (χ2n) is 10.3. The van der Waals surface area contributed by atoms with Gasteiger partial charge in [0.15, 0.2) is 0 Å². The van der Waals surface area contributed by atoms with Gasteiger partial charge in [-0.25, -0.2) is 5.01 Å². The number of hydrogen-bond donors (Lipinski definition) is 0. The van der Waals surface area contributed by atoms with Gasteiger partial charge < -0.3 is 4.74 Å². The predicted molar refractivity (Wildman–Crippen MR) is 152 cm³/mol. The van der Waals surface area contributed by atoms with E-state index in [1.165, 1.54) is 16.7 Å². The number of carbonyl (C=O) groups is 1. The fraction of sp³-hybridized carbons (Fsp3) is 0.375. The number of rotatable bonds is 8. The van der Waals surface area contributed by atoms with Crippen LogP contribution in [0.4, 0.5) is 0 Å². The molecule has 0 N–H and O–H groups in total. The number of carbonyl (C=O) groups excluding carboxylic acids is 1. The molecule has 0 bridgehead atoms. The maximum Gasteiger partial charge on any atom is 0.257 e. The zero-order valence-electron chi connectivity index (χ0n) is 22.8. The number of amides is 1. The van der Waals surface area contributed by atoms with E-state index in [-0.39, 0.29) is 11.9 Å². The van der Waals surface area contributed by atoms with Gasteiger partial charge in [-0.2, -0.15) is 5.10 Å². The molecule has 0 radical (unpaired) electrons. The molecule has 0 spiro atoms. The maximum atomic E-state index is 13.7. The number of hydrogen-bond acceptors (Lipinski definition) is 5. The van der Waals surface area contributed by atoms with Gasteiger partial charge in [-0.1, -0.05) is 54.6 Å². The lowest BCUT2D eigenvalue weighted by atomic mass is 9.96. The molecule has 1 saturated heterocycles. The molecule has 198 valence electrons. The van der Waals surface area contributed by atoms with Crippen molar-refractivity contribution in [3.05, 3.63) is 101 Å². The SMILES string of the molecule is CCOc1ccc(C2CC(c3ccc(C)c(C)c3)=NN2C(=O)CN2CCN(Cc3ccccc3)CC2)cc1. The van der Waals surface area contributed by atoms with Crippen LogP contribution in [0.3, 0.4) is 0 Å². The van der Waals surface area contributed by atoms with Gasteiger partial charge in [-0.15, -0.1) is 0 Å². The minimum atomic E-state index is -0.117. The number of hydrazone groups is 1. The van der Waals surface area contributed by atoms with Crippen molar-refractivity contribution in [3.63, 3.8) is 0 Å². The lowest BCUT2D eigenvalue weighted by Crippen LogP contribution is -2.49. The molecule has 38 heavy (non-hydrogen) atoms. The van der Waals surface area contributed by atoms with Crippen LogP contribution in [-0.4, -0.2) is 65.8 Å². The van der Waals surface area contributed by atoms with Gasteiger partial charge in [-0.3, -0.25) is 14.6 Å². The van der Waals surface area contributed by atoms with Gasteiger partial charge in [-0.05, 0) is 66.8 Å². The van der Waals surface area contributed by atoms with E-state index >= 15 is 0 Å². The standard InChI is InChI=1S/C32H38N4O2/c1-4-38-29-14-12-27(13-15-29)31-21-30(28-11-10-24(2)25(3)20-28)33-36(31)32(37)23-35-18-16-34(17-19-35)22-26-8-6-5-7-9-26/h5-15,20,31H,4,16-19,21-23H2,1-3H3. The summed E-state index contributed by atoms with van der Waals surface area (Å²) in [6.45, 7) is 11.9. The molecule has 3 aromatic carbocycles. The van der Waals surface area contributed by atoms with Gasteiger partial charge >= 0.3 is 0 Å². The molecule has 1 atom stereocenters. The molecule has 0 aliphatic carbocycles. The molecule has 6 nitrogen and oxygen atoms in total. The first kappa shape index (κ1) is 26.1. The number of nitrogens with zero attached hydrogens (tertiary/aromatic N) is 4. The Bertz CT molecular complexity index is 1260. The van der Waals surface area contributed by atoms with Gasteiger partial charge in [0.2, 0.25) is 0 Å². The second-order valence-corrected chi connectivity index (χ2v) is 10.3. The Morgan fingerprint density at radius 1 is 0.895 bits per heavy atom. The van der Waals surface area contributed by atoms with Crippen molar-refractivity contribution in [3.8, 4) is 5.75 Å². The first-order chi connectivity index (χ1) is 18.5. The summed E-state index contributed by atoms with van der Waals surface area (Å²) in [6, 6.07) is 25.0. The van der Waals surface area contributed by atoms with E-state index in [4.69, 9.17) is 9.84 Å². The van der Waals surface area contributed by atoms with Crippen molar-refractivity contribution >= 4 is 11.6 Å². The Morgan fingerprint density at radius 2 is 1.61 bits per heavy atom. The van der Waals surface area contributed by atoms with E-state index in [1.807, 2.05) is 19.1 Å². The highest BCUT2D eigenvalue weighted by Gasteiger charge is 2.34. The summed E-state index contributed by atoms with van der Waals surface area (Å²) in [5, 5.41) is 6.65. The normalized spacial score (nSPS) is 18.4. The van der Waals surface area contributed by atoms with Crippen LogP contribution >= 0.6 is 0 Å². The van der Waals surface area contributed by atoms with Crippen LogP contribution in [0.1, 0.15) is 47.2 Å². The van der Waals surface area contributed by atoms with E-state index in [0.29, 0.717) is 19.6 Å². The Kier molecular flexibility index (Phi) is 8.20. The van der Waals surface area contributed by atoms with Crippen LogP contribution in [0.15, 0.2) is 77.9 Å². The molecule has 0 aromatic heterocycles. The van der Waals surface area contributed by atoms with E-state index in [0.717, 1.165) is 55.3 Å². The van der Waals surface area contributed by atoms with Crippen LogP contribution in [0.25, 0.3) is 0 Å². The monoisotopic (exact) mass is 510 g/mol. The fourth-order valence-electron chi connectivity index (χ4n) is 5.26.